The standard InChI is InChI=1S/C26H18Cl2N2O7/c1-35-25-21(15-9-5-3-6-10-15)19(13-17(27)23(25)29(31)32)37-20-14-18(28)24(30(33)34)26(36-2)22(20)16-11-7-4-8-12-16/h3-14H,1-2H3. The minimum absolute atomic E-state index is 0.0998. The van der Waals surface area contributed by atoms with Crippen LogP contribution < -0.4 is 14.2 Å². The average Bonchev–Trinajstić information content (AvgIpc) is 2.88. The van der Waals surface area contributed by atoms with Gasteiger partial charge in [0, 0.05) is 12.1 Å². The molecule has 0 radical (unpaired) electrons. The molecule has 0 N–H and O–H groups in total. The molecule has 0 bridgehead atoms. The van der Waals surface area contributed by atoms with Crippen LogP contribution in [-0.4, -0.2) is 24.1 Å². The first-order chi connectivity index (χ1) is 17.8. The Balaban J connectivity index is 2.06. The summed E-state index contributed by atoms with van der Waals surface area (Å²) in [5.41, 5.74) is 0.750. The summed E-state index contributed by atoms with van der Waals surface area (Å²) in [6.07, 6.45) is 0. The van der Waals surface area contributed by atoms with Crippen LogP contribution in [-0.2, 0) is 0 Å². The molecule has 0 heterocycles. The lowest BCUT2D eigenvalue weighted by Crippen LogP contribution is -2.02. The fraction of sp³-hybridized carbons (Fsp3) is 0.0769. The molecule has 0 saturated heterocycles. The maximum Gasteiger partial charge on any atom is 0.330 e. The lowest BCUT2D eigenvalue weighted by molar-refractivity contribution is -0.385. The summed E-state index contributed by atoms with van der Waals surface area (Å²) >= 11 is 12.6. The number of hydrogen-bond donors (Lipinski definition) is 0. The van der Waals surface area contributed by atoms with Gasteiger partial charge in [0.15, 0.2) is 0 Å². The number of halogens is 2. The van der Waals surface area contributed by atoms with Gasteiger partial charge in [0.05, 0.1) is 35.2 Å². The quantitative estimate of drug-likeness (QED) is 0.164. The molecular formula is C26H18Cl2N2O7. The van der Waals surface area contributed by atoms with Crippen molar-refractivity contribution in [2.75, 3.05) is 14.2 Å². The van der Waals surface area contributed by atoms with Gasteiger partial charge in [-0.2, -0.15) is 0 Å². The molecular weight excluding hydrogens is 523 g/mol. The zero-order chi connectivity index (χ0) is 26.7. The Morgan fingerprint density at radius 1 is 0.649 bits per heavy atom. The topological polar surface area (TPSA) is 114 Å². The van der Waals surface area contributed by atoms with Crippen LogP contribution in [0.3, 0.4) is 0 Å². The van der Waals surface area contributed by atoms with Crippen molar-refractivity contribution in [1.29, 1.82) is 0 Å². The molecule has 0 spiro atoms. The van der Waals surface area contributed by atoms with Gasteiger partial charge in [-0.15, -0.1) is 0 Å². The molecule has 37 heavy (non-hydrogen) atoms. The third-order valence-corrected chi connectivity index (χ3v) is 6.04. The Labute approximate surface area is 221 Å². The number of methoxy groups -OCH3 is 2. The highest BCUT2D eigenvalue weighted by Gasteiger charge is 2.32. The van der Waals surface area contributed by atoms with E-state index in [4.69, 9.17) is 37.4 Å². The number of benzene rings is 4. The second-order valence-corrected chi connectivity index (χ2v) is 8.39. The first-order valence-corrected chi connectivity index (χ1v) is 11.4. The number of nitrogens with zero attached hydrogens (tertiary/aromatic N) is 2. The van der Waals surface area contributed by atoms with Crippen LogP contribution in [0, 0.1) is 20.2 Å². The highest BCUT2D eigenvalue weighted by atomic mass is 35.5. The van der Waals surface area contributed by atoms with E-state index in [-0.39, 0.29) is 44.2 Å². The van der Waals surface area contributed by atoms with Crippen molar-refractivity contribution < 1.29 is 24.1 Å². The predicted molar refractivity (Wildman–Crippen MR) is 140 cm³/mol. The summed E-state index contributed by atoms with van der Waals surface area (Å²) in [5, 5.41) is 23.2. The molecule has 0 aromatic heterocycles. The fourth-order valence-corrected chi connectivity index (χ4v) is 4.47. The Kier molecular flexibility index (Phi) is 7.47. The lowest BCUT2D eigenvalue weighted by atomic mass is 10.0. The van der Waals surface area contributed by atoms with Gasteiger partial charge in [-0.1, -0.05) is 83.9 Å². The van der Waals surface area contributed by atoms with Crippen molar-refractivity contribution in [1.82, 2.24) is 0 Å². The second-order valence-electron chi connectivity index (χ2n) is 7.58. The summed E-state index contributed by atoms with van der Waals surface area (Å²) in [6.45, 7) is 0. The van der Waals surface area contributed by atoms with E-state index < -0.39 is 21.2 Å². The number of nitro groups is 2. The molecule has 4 rings (SSSR count). The van der Waals surface area contributed by atoms with Crippen LogP contribution >= 0.6 is 23.2 Å². The van der Waals surface area contributed by atoms with E-state index >= 15 is 0 Å². The van der Waals surface area contributed by atoms with Gasteiger partial charge in [0.1, 0.15) is 21.5 Å². The van der Waals surface area contributed by atoms with Crippen LogP contribution in [0.2, 0.25) is 10.0 Å². The molecule has 9 nitrogen and oxygen atoms in total. The van der Waals surface area contributed by atoms with E-state index in [2.05, 4.69) is 0 Å². The lowest BCUT2D eigenvalue weighted by Gasteiger charge is -2.19. The summed E-state index contributed by atoms with van der Waals surface area (Å²) in [7, 11) is 2.58. The largest absolute Gasteiger partial charge is 0.490 e. The molecule has 0 fully saturated rings. The van der Waals surface area contributed by atoms with E-state index in [1.54, 1.807) is 60.7 Å². The van der Waals surface area contributed by atoms with Gasteiger partial charge >= 0.3 is 11.4 Å². The molecule has 11 heteroatoms. The normalized spacial score (nSPS) is 10.6. The second kappa shape index (κ2) is 10.7. The fourth-order valence-electron chi connectivity index (χ4n) is 3.96. The number of rotatable bonds is 8. The molecule has 0 aliphatic heterocycles. The minimum Gasteiger partial charge on any atom is -0.490 e. The van der Waals surface area contributed by atoms with E-state index in [1.165, 1.54) is 26.4 Å². The molecule has 4 aromatic carbocycles. The highest BCUT2D eigenvalue weighted by molar-refractivity contribution is 6.34. The molecule has 4 aromatic rings. The zero-order valence-electron chi connectivity index (χ0n) is 19.4. The van der Waals surface area contributed by atoms with E-state index in [1.807, 2.05) is 0 Å². The third-order valence-electron chi connectivity index (χ3n) is 5.46. The molecule has 0 atom stereocenters. The van der Waals surface area contributed by atoms with Gasteiger partial charge in [-0.3, -0.25) is 20.2 Å². The van der Waals surface area contributed by atoms with Crippen LogP contribution in [0.4, 0.5) is 11.4 Å². The molecule has 0 unspecified atom stereocenters. The van der Waals surface area contributed by atoms with Crippen molar-refractivity contribution >= 4 is 34.6 Å². The first kappa shape index (κ1) is 25.7. The Bertz CT molecular complexity index is 1380. The van der Waals surface area contributed by atoms with Gasteiger partial charge in [-0.25, -0.2) is 0 Å². The number of hydrogen-bond acceptors (Lipinski definition) is 7. The first-order valence-electron chi connectivity index (χ1n) is 10.7. The maximum atomic E-state index is 11.8. The molecule has 0 amide bonds. The summed E-state index contributed by atoms with van der Waals surface area (Å²) in [4.78, 5) is 22.4. The van der Waals surface area contributed by atoms with Crippen molar-refractivity contribution in [2.45, 2.75) is 0 Å². The van der Waals surface area contributed by atoms with Gasteiger partial charge in [0.2, 0.25) is 11.5 Å². The smallest absolute Gasteiger partial charge is 0.330 e. The van der Waals surface area contributed by atoms with Gasteiger partial charge < -0.3 is 14.2 Å². The molecule has 0 aliphatic carbocycles. The van der Waals surface area contributed by atoms with Gasteiger partial charge in [0.25, 0.3) is 0 Å². The summed E-state index contributed by atoms with van der Waals surface area (Å²) < 4.78 is 17.2. The van der Waals surface area contributed by atoms with Crippen LogP contribution in [0.15, 0.2) is 72.8 Å². The van der Waals surface area contributed by atoms with E-state index in [0.717, 1.165) is 0 Å². The molecule has 0 aliphatic rings. The van der Waals surface area contributed by atoms with Crippen molar-refractivity contribution in [2.24, 2.45) is 0 Å². The monoisotopic (exact) mass is 540 g/mol. The van der Waals surface area contributed by atoms with Crippen LogP contribution in [0.25, 0.3) is 22.3 Å². The predicted octanol–water partition coefficient (Wildman–Crippen LogP) is 7.95. The average molecular weight is 541 g/mol. The van der Waals surface area contributed by atoms with Crippen LogP contribution in [0.5, 0.6) is 23.0 Å². The summed E-state index contributed by atoms with van der Waals surface area (Å²) in [6, 6.07) is 20.1. The van der Waals surface area contributed by atoms with Crippen LogP contribution in [0.1, 0.15) is 0 Å². The minimum atomic E-state index is -0.640. The Morgan fingerprint density at radius 3 is 1.30 bits per heavy atom. The van der Waals surface area contributed by atoms with Crippen molar-refractivity contribution in [3.63, 3.8) is 0 Å². The molecule has 188 valence electrons. The maximum absolute atomic E-state index is 11.8. The molecule has 0 saturated carbocycles. The van der Waals surface area contributed by atoms with Crippen molar-refractivity contribution in [3.8, 4) is 45.3 Å². The van der Waals surface area contributed by atoms with Crippen molar-refractivity contribution in [3.05, 3.63) is 103 Å². The number of nitro benzene ring substituents is 2. The Morgan fingerprint density at radius 2 is 1.00 bits per heavy atom. The Hall–Kier alpha value is -4.34. The van der Waals surface area contributed by atoms with Gasteiger partial charge in [-0.05, 0) is 11.1 Å². The SMILES string of the molecule is COc1c(-c2ccccc2)c(Oc2cc(Cl)c([N+](=O)[O-])c(OC)c2-c2ccccc2)cc(Cl)c1[N+](=O)[O-]. The van der Waals surface area contributed by atoms with E-state index in [9.17, 15) is 20.2 Å². The zero-order valence-corrected chi connectivity index (χ0v) is 20.9. The van der Waals surface area contributed by atoms with E-state index in [0.29, 0.717) is 11.1 Å². The number of ether oxygens (including phenoxy) is 3. The summed E-state index contributed by atoms with van der Waals surface area (Å²) in [5.74, 6) is -0.0227. The highest BCUT2D eigenvalue weighted by Crippen LogP contribution is 2.53. The third kappa shape index (κ3) is 4.87.